The molecular weight excluding hydrogens is 420 g/mol. The third-order valence-corrected chi connectivity index (χ3v) is 7.97. The average molecular weight is 484 g/mol. The fourth-order valence-electron chi connectivity index (χ4n) is 5.47. The molecular formula is C35H63. The highest BCUT2D eigenvalue weighted by molar-refractivity contribution is 5.37. The molecule has 0 unspecified atom stereocenters. The number of aryl methyl sites for hydroxylation is 2. The minimum atomic E-state index is 1.22. The molecule has 0 amide bonds. The van der Waals surface area contributed by atoms with E-state index in [9.17, 15) is 0 Å². The monoisotopic (exact) mass is 483 g/mol. The lowest BCUT2D eigenvalue weighted by atomic mass is 9.94. The minimum Gasteiger partial charge on any atom is -0.0654 e. The van der Waals surface area contributed by atoms with E-state index in [1.807, 2.05) is 0 Å². The van der Waals surface area contributed by atoms with Crippen LogP contribution in [0.5, 0.6) is 0 Å². The Kier molecular flexibility index (Phi) is 22.9. The molecule has 0 bridgehead atoms. The van der Waals surface area contributed by atoms with Gasteiger partial charge in [0.1, 0.15) is 0 Å². The first-order valence-electron chi connectivity index (χ1n) is 16.2. The van der Waals surface area contributed by atoms with Crippen LogP contribution in [0.1, 0.15) is 185 Å². The zero-order valence-electron chi connectivity index (χ0n) is 24.3. The first-order valence-corrected chi connectivity index (χ1v) is 16.2. The molecule has 0 nitrogen and oxygen atoms in total. The Morgan fingerprint density at radius 2 is 0.657 bits per heavy atom. The van der Waals surface area contributed by atoms with Crippen molar-refractivity contribution in [3.05, 3.63) is 41.8 Å². The topological polar surface area (TPSA) is 0 Å². The molecule has 0 heteroatoms. The van der Waals surface area contributed by atoms with Gasteiger partial charge in [0.15, 0.2) is 0 Å². The van der Waals surface area contributed by atoms with Crippen LogP contribution < -0.4 is 0 Å². The molecule has 1 rings (SSSR count). The van der Waals surface area contributed by atoms with E-state index in [1.54, 1.807) is 0 Å². The summed E-state index contributed by atoms with van der Waals surface area (Å²) in [4.78, 5) is 0. The third kappa shape index (κ3) is 19.1. The molecule has 0 saturated carbocycles. The summed E-state index contributed by atoms with van der Waals surface area (Å²) in [5.74, 6) is 0. The van der Waals surface area contributed by atoms with Gasteiger partial charge in [0.2, 0.25) is 0 Å². The standard InChI is InChI=1S/C35H63/c1-4-6-8-10-12-14-16-18-20-22-24-26-29-34-31-28-32-35(33(34)3)30-27-25-23-21-19-17-15-13-11-9-7-5-2/h28,31-32H,3-27,29-30H2,1-2H3. The maximum absolute atomic E-state index is 4.47. The average Bonchev–Trinajstić information content (AvgIpc) is 2.87. The summed E-state index contributed by atoms with van der Waals surface area (Å²) in [6.07, 6.45) is 36.6. The van der Waals surface area contributed by atoms with Gasteiger partial charge in [-0.05, 0) is 49.3 Å². The van der Waals surface area contributed by atoms with Crippen molar-refractivity contribution in [2.75, 3.05) is 0 Å². The molecule has 0 aliphatic carbocycles. The highest BCUT2D eigenvalue weighted by Gasteiger charge is 2.04. The zero-order valence-corrected chi connectivity index (χ0v) is 24.3. The van der Waals surface area contributed by atoms with Crippen LogP contribution in [0.4, 0.5) is 0 Å². The SMILES string of the molecule is [CH2]c1c(CCCCCCCCCCCCCC)cccc1CCCCCCCCCCCCCC. The summed E-state index contributed by atoms with van der Waals surface area (Å²) in [7, 11) is 0. The Hall–Kier alpha value is -0.780. The Morgan fingerprint density at radius 1 is 0.400 bits per heavy atom. The van der Waals surface area contributed by atoms with Gasteiger partial charge in [-0.3, -0.25) is 0 Å². The molecule has 0 spiro atoms. The van der Waals surface area contributed by atoms with E-state index in [0.29, 0.717) is 0 Å². The van der Waals surface area contributed by atoms with Crippen LogP contribution in [0.25, 0.3) is 0 Å². The second-order valence-electron chi connectivity index (χ2n) is 11.3. The van der Waals surface area contributed by atoms with E-state index in [2.05, 4.69) is 39.0 Å². The largest absolute Gasteiger partial charge is 0.0654 e. The fourth-order valence-corrected chi connectivity index (χ4v) is 5.47. The maximum Gasteiger partial charge on any atom is -0.0233 e. The Morgan fingerprint density at radius 3 is 0.943 bits per heavy atom. The Balaban J connectivity index is 2.00. The number of hydrogen-bond acceptors (Lipinski definition) is 0. The first-order chi connectivity index (χ1) is 17.3. The van der Waals surface area contributed by atoms with Crippen molar-refractivity contribution in [2.24, 2.45) is 0 Å². The van der Waals surface area contributed by atoms with Gasteiger partial charge in [0.25, 0.3) is 0 Å². The molecule has 1 radical (unpaired) electrons. The van der Waals surface area contributed by atoms with Gasteiger partial charge in [-0.15, -0.1) is 0 Å². The maximum atomic E-state index is 4.47. The van der Waals surface area contributed by atoms with E-state index >= 15 is 0 Å². The smallest absolute Gasteiger partial charge is 0.0233 e. The summed E-state index contributed by atoms with van der Waals surface area (Å²) in [5, 5.41) is 0. The normalized spacial score (nSPS) is 11.4. The van der Waals surface area contributed by atoms with E-state index in [1.165, 1.54) is 184 Å². The summed E-state index contributed by atoms with van der Waals surface area (Å²) in [6, 6.07) is 6.93. The molecule has 35 heavy (non-hydrogen) atoms. The number of rotatable bonds is 26. The second-order valence-corrected chi connectivity index (χ2v) is 11.3. The zero-order chi connectivity index (χ0) is 25.2. The molecule has 0 atom stereocenters. The predicted octanol–water partition coefficient (Wildman–Crippen LogP) is 12.4. The van der Waals surface area contributed by atoms with Crippen LogP contribution >= 0.6 is 0 Å². The quantitative estimate of drug-likeness (QED) is 0.115. The van der Waals surface area contributed by atoms with Gasteiger partial charge in [0.05, 0.1) is 0 Å². The van der Waals surface area contributed by atoms with Crippen LogP contribution in [0.3, 0.4) is 0 Å². The lowest BCUT2D eigenvalue weighted by molar-refractivity contribution is 0.543. The van der Waals surface area contributed by atoms with Gasteiger partial charge in [-0.1, -0.05) is 173 Å². The van der Waals surface area contributed by atoms with E-state index in [0.717, 1.165) is 0 Å². The summed E-state index contributed by atoms with van der Waals surface area (Å²) in [5.41, 5.74) is 4.36. The van der Waals surface area contributed by atoms with Gasteiger partial charge < -0.3 is 0 Å². The molecule has 0 heterocycles. The predicted molar refractivity (Wildman–Crippen MR) is 160 cm³/mol. The molecule has 1 aromatic rings. The van der Waals surface area contributed by atoms with E-state index in [4.69, 9.17) is 0 Å². The third-order valence-electron chi connectivity index (χ3n) is 7.97. The van der Waals surface area contributed by atoms with Crippen LogP contribution in [-0.2, 0) is 12.8 Å². The lowest BCUT2D eigenvalue weighted by Crippen LogP contribution is -1.97. The van der Waals surface area contributed by atoms with Crippen molar-refractivity contribution >= 4 is 0 Å². The highest BCUT2D eigenvalue weighted by Crippen LogP contribution is 2.20. The van der Waals surface area contributed by atoms with E-state index < -0.39 is 0 Å². The van der Waals surface area contributed by atoms with Crippen LogP contribution in [0.15, 0.2) is 18.2 Å². The highest BCUT2D eigenvalue weighted by atomic mass is 14.1. The van der Waals surface area contributed by atoms with Crippen LogP contribution in [-0.4, -0.2) is 0 Å². The van der Waals surface area contributed by atoms with Crippen LogP contribution in [0, 0.1) is 6.92 Å². The van der Waals surface area contributed by atoms with Crippen molar-refractivity contribution in [1.82, 2.24) is 0 Å². The van der Waals surface area contributed by atoms with Crippen molar-refractivity contribution in [3.63, 3.8) is 0 Å². The Bertz CT molecular complexity index is 511. The summed E-state index contributed by atoms with van der Waals surface area (Å²) in [6.45, 7) is 9.07. The minimum absolute atomic E-state index is 1.22. The van der Waals surface area contributed by atoms with Gasteiger partial charge in [0, 0.05) is 0 Å². The molecule has 0 fully saturated rings. The molecule has 1 aromatic carbocycles. The molecule has 0 aliphatic heterocycles. The lowest BCUT2D eigenvalue weighted by Gasteiger charge is -2.11. The fraction of sp³-hybridized carbons (Fsp3) is 0.800. The van der Waals surface area contributed by atoms with Crippen molar-refractivity contribution in [1.29, 1.82) is 0 Å². The first kappa shape index (κ1) is 32.2. The summed E-state index contributed by atoms with van der Waals surface area (Å²) >= 11 is 0. The molecule has 0 N–H and O–H groups in total. The molecule has 0 aromatic heterocycles. The van der Waals surface area contributed by atoms with Gasteiger partial charge >= 0.3 is 0 Å². The second kappa shape index (κ2) is 24.9. The number of benzene rings is 1. The number of hydrogen-bond donors (Lipinski definition) is 0. The van der Waals surface area contributed by atoms with Gasteiger partial charge in [-0.2, -0.15) is 0 Å². The number of unbranched alkanes of at least 4 members (excludes halogenated alkanes) is 22. The molecule has 0 saturated heterocycles. The van der Waals surface area contributed by atoms with Crippen molar-refractivity contribution in [2.45, 2.75) is 181 Å². The van der Waals surface area contributed by atoms with Crippen LogP contribution in [0.2, 0.25) is 0 Å². The summed E-state index contributed by atoms with van der Waals surface area (Å²) < 4.78 is 0. The van der Waals surface area contributed by atoms with E-state index in [-0.39, 0.29) is 0 Å². The molecule has 0 aliphatic rings. The van der Waals surface area contributed by atoms with Gasteiger partial charge in [-0.25, -0.2) is 0 Å². The Labute approximate surface area is 222 Å². The molecule has 203 valence electrons. The van der Waals surface area contributed by atoms with Crippen molar-refractivity contribution < 1.29 is 0 Å². The van der Waals surface area contributed by atoms with Crippen molar-refractivity contribution in [3.8, 4) is 0 Å².